The van der Waals surface area contributed by atoms with Crippen LogP contribution in [0, 0.1) is 0 Å². The summed E-state index contributed by atoms with van der Waals surface area (Å²) in [6.45, 7) is 1.55. The molecule has 0 aromatic heterocycles. The van der Waals surface area contributed by atoms with Crippen molar-refractivity contribution in [2.24, 2.45) is 9.98 Å². The number of carboxylic acid groups (broad SMARTS) is 2. The van der Waals surface area contributed by atoms with Gasteiger partial charge < -0.3 is 19.8 Å². The van der Waals surface area contributed by atoms with Crippen molar-refractivity contribution in [3.8, 4) is 5.75 Å². The van der Waals surface area contributed by atoms with Crippen molar-refractivity contribution in [3.05, 3.63) is 70.8 Å². The first-order chi connectivity index (χ1) is 16.2. The molecule has 2 aromatic rings. The fourth-order valence-electron chi connectivity index (χ4n) is 2.83. The Balaban J connectivity index is 0.000000440. The molecule has 0 unspecified atom stereocenters. The summed E-state index contributed by atoms with van der Waals surface area (Å²) >= 11 is 8.02. The first kappa shape index (κ1) is 27.1. The third-order valence-corrected chi connectivity index (χ3v) is 5.54. The molecule has 10 heteroatoms. The number of para-hydroxylation sites is 1. The smallest absolute Gasteiger partial charge is 0.328 e. The molecule has 1 heterocycles. The van der Waals surface area contributed by atoms with Crippen LogP contribution in [0.1, 0.15) is 11.1 Å². The average Bonchev–Trinajstić information content (AvgIpc) is 2.97. The number of aliphatic imine (C=N–C) groups is 2. The van der Waals surface area contributed by atoms with Crippen LogP contribution in [0.15, 0.2) is 64.6 Å². The van der Waals surface area contributed by atoms with Crippen molar-refractivity contribution in [2.75, 3.05) is 40.0 Å². The molecule has 0 amide bonds. The number of benzene rings is 2. The van der Waals surface area contributed by atoms with Gasteiger partial charge in [0.1, 0.15) is 5.75 Å². The van der Waals surface area contributed by atoms with E-state index in [1.54, 1.807) is 18.9 Å². The number of hydrogen-bond acceptors (Lipinski definition) is 7. The first-order valence-electron chi connectivity index (χ1n) is 10.2. The molecule has 0 saturated carbocycles. The minimum atomic E-state index is -1.26. The number of rotatable bonds is 7. The van der Waals surface area contributed by atoms with Crippen LogP contribution < -0.4 is 4.74 Å². The van der Waals surface area contributed by atoms with E-state index in [9.17, 15) is 9.59 Å². The number of carbonyl (C=O) groups is 2. The number of thioether (sulfide) groups is 1. The molecule has 0 radical (unpaired) electrons. The highest BCUT2D eigenvalue weighted by Gasteiger charge is 2.19. The zero-order valence-corrected chi connectivity index (χ0v) is 20.6. The average molecular weight is 504 g/mol. The minimum Gasteiger partial charge on any atom is -0.496 e. The second-order valence-corrected chi connectivity index (χ2v) is 8.80. The molecule has 3 rings (SSSR count). The van der Waals surface area contributed by atoms with Crippen molar-refractivity contribution >= 4 is 51.7 Å². The normalized spacial score (nSPS) is 12.7. The molecule has 180 valence electrons. The summed E-state index contributed by atoms with van der Waals surface area (Å²) in [6.07, 6.45) is 1.12. The van der Waals surface area contributed by atoms with E-state index in [1.807, 2.05) is 42.5 Å². The summed E-state index contributed by atoms with van der Waals surface area (Å²) in [7, 11) is 5.82. The maximum atomic E-state index is 9.55. The lowest BCUT2D eigenvalue weighted by molar-refractivity contribution is -0.134. The van der Waals surface area contributed by atoms with Gasteiger partial charge in [0.05, 0.1) is 30.1 Å². The molecular formula is C24H26ClN3O5S. The number of halogens is 1. The van der Waals surface area contributed by atoms with Crippen molar-refractivity contribution in [2.45, 2.75) is 0 Å². The predicted octanol–water partition coefficient (Wildman–Crippen LogP) is 4.24. The highest BCUT2D eigenvalue weighted by Crippen LogP contribution is 2.32. The number of hydrogen-bond donors (Lipinski definition) is 2. The maximum Gasteiger partial charge on any atom is 0.328 e. The molecule has 1 aliphatic rings. The van der Waals surface area contributed by atoms with Crippen LogP contribution in [-0.2, 0) is 9.59 Å². The topological polar surface area (TPSA) is 112 Å². The highest BCUT2D eigenvalue weighted by molar-refractivity contribution is 8.14. The lowest BCUT2D eigenvalue weighted by atomic mass is 10.00. The summed E-state index contributed by atoms with van der Waals surface area (Å²) in [5, 5.41) is 17.3. The molecule has 2 aromatic carbocycles. The van der Waals surface area contributed by atoms with Crippen LogP contribution in [0.25, 0.3) is 0 Å². The van der Waals surface area contributed by atoms with Crippen LogP contribution in [0.5, 0.6) is 5.75 Å². The van der Waals surface area contributed by atoms with E-state index in [-0.39, 0.29) is 0 Å². The van der Waals surface area contributed by atoms with Gasteiger partial charge in [-0.15, -0.1) is 11.8 Å². The van der Waals surface area contributed by atoms with E-state index in [1.165, 1.54) is 0 Å². The van der Waals surface area contributed by atoms with Crippen LogP contribution in [0.2, 0.25) is 5.02 Å². The Kier molecular flexibility index (Phi) is 10.8. The van der Waals surface area contributed by atoms with Gasteiger partial charge >= 0.3 is 11.9 Å². The van der Waals surface area contributed by atoms with Gasteiger partial charge in [-0.25, -0.2) is 14.6 Å². The van der Waals surface area contributed by atoms with Gasteiger partial charge in [-0.3, -0.25) is 4.99 Å². The van der Waals surface area contributed by atoms with Crippen LogP contribution in [0.4, 0.5) is 5.69 Å². The fourth-order valence-corrected chi connectivity index (χ4v) is 4.02. The van der Waals surface area contributed by atoms with E-state index < -0.39 is 11.9 Å². The Hall–Kier alpha value is -3.14. The summed E-state index contributed by atoms with van der Waals surface area (Å²) in [5.41, 5.74) is 3.65. The predicted molar refractivity (Wildman–Crippen MR) is 137 cm³/mol. The quantitative estimate of drug-likeness (QED) is 0.543. The molecule has 34 heavy (non-hydrogen) atoms. The van der Waals surface area contributed by atoms with Crippen LogP contribution >= 0.6 is 23.4 Å². The number of fused-ring (bicyclic) bond motifs is 1. The van der Waals surface area contributed by atoms with Gasteiger partial charge in [0.25, 0.3) is 0 Å². The molecule has 0 fully saturated rings. The zero-order chi connectivity index (χ0) is 25.1. The number of aliphatic carboxylic acids is 2. The number of methoxy groups -OCH3 is 1. The first-order valence-corrected chi connectivity index (χ1v) is 11.5. The van der Waals surface area contributed by atoms with Gasteiger partial charge in [0.15, 0.2) is 0 Å². The molecule has 2 N–H and O–H groups in total. The lowest BCUT2D eigenvalue weighted by Gasteiger charge is -2.12. The number of nitrogens with zero attached hydrogens (tertiary/aromatic N) is 3. The third kappa shape index (κ3) is 8.66. The molecule has 8 nitrogen and oxygen atoms in total. The molecular weight excluding hydrogens is 478 g/mol. The monoisotopic (exact) mass is 503 g/mol. The highest BCUT2D eigenvalue weighted by atomic mass is 35.5. The summed E-state index contributed by atoms with van der Waals surface area (Å²) < 4.78 is 5.54. The lowest BCUT2D eigenvalue weighted by Crippen LogP contribution is -2.16. The van der Waals surface area contributed by atoms with Gasteiger partial charge in [-0.1, -0.05) is 23.7 Å². The van der Waals surface area contributed by atoms with E-state index in [2.05, 4.69) is 19.0 Å². The SMILES string of the molecule is COc1ccccc1C1=NCC(SCCN(C)C)=Nc2ccc(Cl)cc21.O=C(O)/C=C\C(=O)O. The number of carboxylic acids is 2. The molecule has 0 atom stereocenters. The Bertz CT molecular complexity index is 1100. The van der Waals surface area contributed by atoms with E-state index in [0.29, 0.717) is 23.7 Å². The molecule has 0 bridgehead atoms. The van der Waals surface area contributed by atoms with Gasteiger partial charge in [-0.05, 0) is 44.4 Å². The van der Waals surface area contributed by atoms with E-state index in [0.717, 1.165) is 45.6 Å². The Morgan fingerprint density at radius 3 is 2.41 bits per heavy atom. The Labute approximate surface area is 207 Å². The molecule has 0 spiro atoms. The van der Waals surface area contributed by atoms with E-state index in [4.69, 9.17) is 36.5 Å². The summed E-state index contributed by atoms with van der Waals surface area (Å²) in [5.74, 6) is -0.741. The summed E-state index contributed by atoms with van der Waals surface area (Å²) in [4.78, 5) is 31.0. The summed E-state index contributed by atoms with van der Waals surface area (Å²) in [6, 6.07) is 13.7. The van der Waals surface area contributed by atoms with Crippen molar-refractivity contribution < 1.29 is 24.5 Å². The van der Waals surface area contributed by atoms with Gasteiger partial charge in [0.2, 0.25) is 0 Å². The maximum absolute atomic E-state index is 9.55. The second-order valence-electron chi connectivity index (χ2n) is 7.19. The molecule has 1 aliphatic heterocycles. The van der Waals surface area contributed by atoms with Crippen LogP contribution in [-0.4, -0.2) is 77.9 Å². The molecule has 0 aliphatic carbocycles. The van der Waals surface area contributed by atoms with Gasteiger partial charge in [0, 0.05) is 40.6 Å². The molecule has 0 saturated heterocycles. The number of ether oxygens (including phenoxy) is 1. The largest absolute Gasteiger partial charge is 0.496 e. The standard InChI is InChI=1S/C20H22ClN3OS.C4H4O4/c1-24(2)10-11-26-19-13-22-20(15-6-4-5-7-18(15)25-3)16-12-14(21)8-9-17(16)23-19;5-3(6)1-2-4(7)8/h4-9,12H,10-11,13H2,1-3H3;1-2H,(H,5,6)(H,7,8)/b;2-1-. The Morgan fingerprint density at radius 1 is 1.12 bits per heavy atom. The second kappa shape index (κ2) is 13.5. The fraction of sp³-hybridized carbons (Fsp3) is 0.250. The zero-order valence-electron chi connectivity index (χ0n) is 19.1. The Morgan fingerprint density at radius 2 is 1.79 bits per heavy atom. The van der Waals surface area contributed by atoms with Crippen molar-refractivity contribution in [3.63, 3.8) is 0 Å². The van der Waals surface area contributed by atoms with Crippen LogP contribution in [0.3, 0.4) is 0 Å². The van der Waals surface area contributed by atoms with Crippen molar-refractivity contribution in [1.29, 1.82) is 0 Å². The van der Waals surface area contributed by atoms with Crippen molar-refractivity contribution in [1.82, 2.24) is 4.90 Å². The van der Waals surface area contributed by atoms with E-state index >= 15 is 0 Å². The minimum absolute atomic E-state index is 0.553. The third-order valence-electron chi connectivity index (χ3n) is 4.37. The van der Waals surface area contributed by atoms with Gasteiger partial charge in [-0.2, -0.15) is 0 Å².